The maximum atomic E-state index is 10.4. The van der Waals surface area contributed by atoms with Crippen molar-refractivity contribution in [1.29, 1.82) is 0 Å². The maximum Gasteiger partial charge on any atom is 0.246 e. The van der Waals surface area contributed by atoms with Crippen LogP contribution in [0.15, 0.2) is 22.7 Å². The monoisotopic (exact) mass is 347 g/mol. The van der Waals surface area contributed by atoms with Gasteiger partial charge in [-0.2, -0.15) is 4.98 Å². The molecule has 1 N–H and O–H groups in total. The number of aromatic nitrogens is 2. The summed E-state index contributed by atoms with van der Waals surface area (Å²) in [7, 11) is 0. The Morgan fingerprint density at radius 1 is 1.36 bits per heavy atom. The highest BCUT2D eigenvalue weighted by Gasteiger charge is 2.30. The summed E-state index contributed by atoms with van der Waals surface area (Å²) in [6, 6.07) is 5.92. The van der Waals surface area contributed by atoms with Crippen molar-refractivity contribution in [3.63, 3.8) is 0 Å². The molecule has 25 heavy (non-hydrogen) atoms. The lowest BCUT2D eigenvalue weighted by molar-refractivity contribution is -0.0428. The predicted molar refractivity (Wildman–Crippen MR) is 91.6 cm³/mol. The van der Waals surface area contributed by atoms with Crippen molar-refractivity contribution in [3.8, 4) is 5.75 Å². The molecule has 7 nitrogen and oxygen atoms in total. The second-order valence-corrected chi connectivity index (χ2v) is 6.50. The van der Waals surface area contributed by atoms with Gasteiger partial charge in [0.05, 0.1) is 13.2 Å². The van der Waals surface area contributed by atoms with E-state index in [1.165, 1.54) is 0 Å². The van der Waals surface area contributed by atoms with E-state index in [-0.39, 0.29) is 12.6 Å². The molecule has 2 atom stereocenters. The molecule has 1 aromatic carbocycles. The van der Waals surface area contributed by atoms with E-state index in [1.807, 2.05) is 32.0 Å². The number of β-amino-alcohol motifs (C(OH)–C–C–N with tert-alkyl or cyclic N) is 1. The minimum absolute atomic E-state index is 0.134. The minimum Gasteiger partial charge on any atom is -0.491 e. The number of morpholine rings is 1. The van der Waals surface area contributed by atoms with Gasteiger partial charge in [-0.15, -0.1) is 0 Å². The number of rotatable bonds is 6. The number of ether oxygens (including phenoxy) is 2. The molecular weight excluding hydrogens is 322 g/mol. The summed E-state index contributed by atoms with van der Waals surface area (Å²) in [5.74, 6) is 1.93. The van der Waals surface area contributed by atoms with Gasteiger partial charge in [-0.1, -0.05) is 17.3 Å². The summed E-state index contributed by atoms with van der Waals surface area (Å²) in [5, 5.41) is 14.3. The molecule has 1 aliphatic heterocycles. The Labute approximate surface area is 147 Å². The molecule has 2 aromatic rings. The van der Waals surface area contributed by atoms with Crippen molar-refractivity contribution < 1.29 is 19.1 Å². The number of aryl methyl sites for hydroxylation is 3. The Kier molecular flexibility index (Phi) is 5.67. The number of hydrogen-bond acceptors (Lipinski definition) is 7. The lowest BCUT2D eigenvalue weighted by Gasteiger charge is -2.34. The summed E-state index contributed by atoms with van der Waals surface area (Å²) < 4.78 is 16.6. The first-order valence-corrected chi connectivity index (χ1v) is 8.53. The molecule has 136 valence electrons. The fourth-order valence-electron chi connectivity index (χ4n) is 2.90. The van der Waals surface area contributed by atoms with Gasteiger partial charge in [-0.05, 0) is 38.0 Å². The third kappa shape index (κ3) is 4.56. The van der Waals surface area contributed by atoms with Crippen LogP contribution in [0.3, 0.4) is 0 Å². The molecule has 2 heterocycles. The van der Waals surface area contributed by atoms with Gasteiger partial charge in [0.2, 0.25) is 5.89 Å². The number of aliphatic hydroxyl groups excluding tert-OH is 1. The molecule has 0 spiro atoms. The van der Waals surface area contributed by atoms with Gasteiger partial charge in [0.15, 0.2) is 5.82 Å². The van der Waals surface area contributed by atoms with Crippen LogP contribution in [-0.2, 0) is 4.74 Å². The summed E-state index contributed by atoms with van der Waals surface area (Å²) >= 11 is 0. The van der Waals surface area contributed by atoms with E-state index in [1.54, 1.807) is 6.92 Å². The Hall–Kier alpha value is -1.96. The number of benzene rings is 1. The van der Waals surface area contributed by atoms with Gasteiger partial charge in [-0.25, -0.2) is 0 Å². The first kappa shape index (κ1) is 17.8. The molecule has 7 heteroatoms. The van der Waals surface area contributed by atoms with Gasteiger partial charge in [0, 0.05) is 13.1 Å². The smallest absolute Gasteiger partial charge is 0.246 e. The molecule has 3 rings (SSSR count). The quantitative estimate of drug-likeness (QED) is 0.853. The topological polar surface area (TPSA) is 80.9 Å². The van der Waals surface area contributed by atoms with Crippen molar-refractivity contribution in [1.82, 2.24) is 15.0 Å². The fourth-order valence-corrected chi connectivity index (χ4v) is 2.90. The van der Waals surface area contributed by atoms with Crippen LogP contribution in [-0.4, -0.2) is 59.2 Å². The van der Waals surface area contributed by atoms with E-state index in [4.69, 9.17) is 14.0 Å². The molecule has 0 aliphatic carbocycles. The average Bonchev–Trinajstić information content (AvgIpc) is 3.02. The molecule has 0 amide bonds. The van der Waals surface area contributed by atoms with Crippen molar-refractivity contribution >= 4 is 0 Å². The van der Waals surface area contributed by atoms with E-state index in [0.717, 1.165) is 16.9 Å². The summed E-state index contributed by atoms with van der Waals surface area (Å²) in [6.45, 7) is 8.29. The number of hydrogen-bond donors (Lipinski definition) is 1. The predicted octanol–water partition coefficient (Wildman–Crippen LogP) is 1.81. The van der Waals surface area contributed by atoms with E-state index >= 15 is 0 Å². The second-order valence-electron chi connectivity index (χ2n) is 6.50. The van der Waals surface area contributed by atoms with Crippen LogP contribution in [0.2, 0.25) is 0 Å². The summed E-state index contributed by atoms with van der Waals surface area (Å²) in [5.41, 5.74) is 2.19. The summed E-state index contributed by atoms with van der Waals surface area (Å²) in [6.07, 6.45) is -0.621. The van der Waals surface area contributed by atoms with Crippen LogP contribution in [0, 0.1) is 20.8 Å². The zero-order valence-electron chi connectivity index (χ0n) is 14.9. The summed E-state index contributed by atoms with van der Waals surface area (Å²) in [4.78, 5) is 6.40. The van der Waals surface area contributed by atoms with Crippen LogP contribution in [0.1, 0.15) is 28.9 Å². The molecule has 0 bridgehead atoms. The SMILES string of the molecule is Cc1ccc(C)c(OC[C@H](O)CN2CCOC[C@H]2c2nc(C)no2)c1. The molecule has 1 aromatic heterocycles. The third-order valence-electron chi connectivity index (χ3n) is 4.29. The Morgan fingerprint density at radius 3 is 2.96 bits per heavy atom. The van der Waals surface area contributed by atoms with Gasteiger partial charge < -0.3 is 19.1 Å². The van der Waals surface area contributed by atoms with E-state index < -0.39 is 6.10 Å². The number of nitrogens with zero attached hydrogens (tertiary/aromatic N) is 3. The molecule has 0 saturated carbocycles. The van der Waals surface area contributed by atoms with Crippen molar-refractivity contribution in [2.75, 3.05) is 32.9 Å². The van der Waals surface area contributed by atoms with Gasteiger partial charge in [-0.3, -0.25) is 4.90 Å². The van der Waals surface area contributed by atoms with E-state index in [9.17, 15) is 5.11 Å². The van der Waals surface area contributed by atoms with Crippen LogP contribution in [0.4, 0.5) is 0 Å². The first-order chi connectivity index (χ1) is 12.0. The highest BCUT2D eigenvalue weighted by molar-refractivity contribution is 5.35. The average molecular weight is 347 g/mol. The van der Waals surface area contributed by atoms with E-state index in [0.29, 0.717) is 38.0 Å². The Balaban J connectivity index is 1.58. The zero-order chi connectivity index (χ0) is 17.8. The Morgan fingerprint density at radius 2 is 2.20 bits per heavy atom. The van der Waals surface area contributed by atoms with Crippen LogP contribution in [0.25, 0.3) is 0 Å². The molecule has 1 saturated heterocycles. The van der Waals surface area contributed by atoms with Crippen molar-refractivity contribution in [2.24, 2.45) is 0 Å². The highest BCUT2D eigenvalue weighted by Crippen LogP contribution is 2.23. The maximum absolute atomic E-state index is 10.4. The van der Waals surface area contributed by atoms with Crippen molar-refractivity contribution in [3.05, 3.63) is 41.0 Å². The first-order valence-electron chi connectivity index (χ1n) is 8.53. The lowest BCUT2D eigenvalue weighted by Crippen LogP contribution is -2.44. The zero-order valence-corrected chi connectivity index (χ0v) is 14.9. The van der Waals surface area contributed by atoms with Crippen LogP contribution in [0.5, 0.6) is 5.75 Å². The van der Waals surface area contributed by atoms with Gasteiger partial charge in [0.25, 0.3) is 0 Å². The Bertz CT molecular complexity index is 703. The third-order valence-corrected chi connectivity index (χ3v) is 4.29. The fraction of sp³-hybridized carbons (Fsp3) is 0.556. The van der Waals surface area contributed by atoms with Crippen LogP contribution < -0.4 is 4.74 Å². The van der Waals surface area contributed by atoms with Gasteiger partial charge >= 0.3 is 0 Å². The standard InChI is InChI=1S/C18H25N3O4/c1-12-4-5-13(2)17(8-12)24-10-15(22)9-21-6-7-23-11-16(21)18-19-14(3)20-25-18/h4-5,8,15-16,22H,6-7,9-11H2,1-3H3/t15-,16+/m1/s1. The largest absolute Gasteiger partial charge is 0.491 e. The van der Waals surface area contributed by atoms with Crippen LogP contribution >= 0.6 is 0 Å². The molecule has 1 fully saturated rings. The molecule has 0 radical (unpaired) electrons. The minimum atomic E-state index is -0.621. The lowest BCUT2D eigenvalue weighted by atomic mass is 10.1. The number of aliphatic hydroxyl groups is 1. The van der Waals surface area contributed by atoms with Crippen molar-refractivity contribution in [2.45, 2.75) is 32.9 Å². The second kappa shape index (κ2) is 7.95. The molecule has 1 aliphatic rings. The highest BCUT2D eigenvalue weighted by atomic mass is 16.5. The molecular formula is C18H25N3O4. The molecule has 0 unspecified atom stereocenters. The van der Waals surface area contributed by atoms with E-state index in [2.05, 4.69) is 15.0 Å². The van der Waals surface area contributed by atoms with Gasteiger partial charge in [0.1, 0.15) is 24.5 Å². The normalized spacial score (nSPS) is 19.8.